The molecule has 1 N–H and O–H groups in total. The molecule has 108 valence electrons. The van der Waals surface area contributed by atoms with Crippen molar-refractivity contribution < 1.29 is 19.5 Å². The number of hydrogen-bond donors (Lipinski definition) is 1. The van der Waals surface area contributed by atoms with E-state index in [0.29, 0.717) is 39.3 Å². The maximum atomic E-state index is 12.1. The van der Waals surface area contributed by atoms with Crippen molar-refractivity contribution in [1.29, 1.82) is 0 Å². The van der Waals surface area contributed by atoms with E-state index in [1.807, 2.05) is 13.8 Å². The number of carboxylic acid groups (broad SMARTS) is 1. The van der Waals surface area contributed by atoms with Gasteiger partial charge in [-0.1, -0.05) is 0 Å². The number of nitrogens with zero attached hydrogens (tertiary/aromatic N) is 3. The van der Waals surface area contributed by atoms with Gasteiger partial charge >= 0.3 is 12.0 Å². The molecule has 0 atom stereocenters. The quantitative estimate of drug-likeness (QED) is 0.733. The van der Waals surface area contributed by atoms with Crippen LogP contribution in [0, 0.1) is 0 Å². The van der Waals surface area contributed by atoms with Crippen LogP contribution in [-0.4, -0.2) is 77.0 Å². The maximum Gasteiger partial charge on any atom is 0.320 e. The van der Waals surface area contributed by atoms with Gasteiger partial charge in [0.25, 0.3) is 0 Å². The van der Waals surface area contributed by atoms with Gasteiger partial charge in [-0.05, 0) is 13.8 Å². The molecule has 0 aromatic rings. The van der Waals surface area contributed by atoms with E-state index in [1.54, 1.807) is 9.80 Å². The minimum atomic E-state index is -1.12. The molecule has 19 heavy (non-hydrogen) atoms. The summed E-state index contributed by atoms with van der Waals surface area (Å²) in [6, 6.07) is -0.0182. The van der Waals surface area contributed by atoms with Crippen LogP contribution in [0.5, 0.6) is 0 Å². The Bertz CT molecular complexity index is 347. The Hall–Kier alpha value is -1.79. The van der Waals surface area contributed by atoms with Crippen molar-refractivity contribution in [3.05, 3.63) is 0 Å². The SMILES string of the molecule is CCN(CC)C(=O)N1CCN(C(=O)CC(=O)O)CC1. The summed E-state index contributed by atoms with van der Waals surface area (Å²) in [5, 5.41) is 8.57. The summed E-state index contributed by atoms with van der Waals surface area (Å²) >= 11 is 0. The minimum Gasteiger partial charge on any atom is -0.481 e. The number of piperazine rings is 1. The molecule has 0 aliphatic carbocycles. The highest BCUT2D eigenvalue weighted by Gasteiger charge is 2.26. The first kappa shape index (κ1) is 15.3. The number of hydrogen-bond acceptors (Lipinski definition) is 3. The van der Waals surface area contributed by atoms with E-state index in [-0.39, 0.29) is 11.9 Å². The van der Waals surface area contributed by atoms with Crippen molar-refractivity contribution in [2.45, 2.75) is 20.3 Å². The van der Waals surface area contributed by atoms with Crippen LogP contribution in [0.15, 0.2) is 0 Å². The first-order valence-electron chi connectivity index (χ1n) is 6.53. The highest BCUT2D eigenvalue weighted by Crippen LogP contribution is 2.07. The number of amides is 3. The van der Waals surface area contributed by atoms with Crippen molar-refractivity contribution in [1.82, 2.24) is 14.7 Å². The Morgan fingerprint density at radius 3 is 1.89 bits per heavy atom. The second-order valence-corrected chi connectivity index (χ2v) is 4.39. The Balaban J connectivity index is 2.46. The van der Waals surface area contributed by atoms with E-state index >= 15 is 0 Å². The molecule has 0 radical (unpaired) electrons. The molecule has 7 heteroatoms. The average Bonchev–Trinajstić information content (AvgIpc) is 2.39. The van der Waals surface area contributed by atoms with E-state index < -0.39 is 12.4 Å². The van der Waals surface area contributed by atoms with Gasteiger partial charge in [-0.15, -0.1) is 0 Å². The van der Waals surface area contributed by atoms with Gasteiger partial charge in [0.15, 0.2) is 0 Å². The molecule has 3 amide bonds. The summed E-state index contributed by atoms with van der Waals surface area (Å²) in [6.07, 6.45) is -0.482. The Morgan fingerprint density at radius 1 is 1.00 bits per heavy atom. The minimum absolute atomic E-state index is 0.0182. The van der Waals surface area contributed by atoms with Gasteiger partial charge < -0.3 is 19.8 Å². The van der Waals surface area contributed by atoms with Gasteiger partial charge in [0.2, 0.25) is 5.91 Å². The fraction of sp³-hybridized carbons (Fsp3) is 0.750. The van der Waals surface area contributed by atoms with E-state index in [4.69, 9.17) is 5.11 Å². The third-order valence-electron chi connectivity index (χ3n) is 3.24. The molecule has 1 rings (SSSR count). The smallest absolute Gasteiger partial charge is 0.320 e. The third kappa shape index (κ3) is 4.11. The van der Waals surface area contributed by atoms with E-state index in [1.165, 1.54) is 4.90 Å². The van der Waals surface area contributed by atoms with Gasteiger partial charge in [0.1, 0.15) is 6.42 Å². The van der Waals surface area contributed by atoms with Crippen molar-refractivity contribution in [3.63, 3.8) is 0 Å². The molecule has 1 aliphatic heterocycles. The summed E-state index contributed by atoms with van der Waals surface area (Å²) in [5.74, 6) is -1.51. The lowest BCUT2D eigenvalue weighted by Crippen LogP contribution is -2.54. The number of aliphatic carboxylic acids is 1. The summed E-state index contributed by atoms with van der Waals surface area (Å²) in [7, 11) is 0. The number of carboxylic acids is 1. The summed E-state index contributed by atoms with van der Waals surface area (Å²) in [6.45, 7) is 6.89. The van der Waals surface area contributed by atoms with E-state index in [0.717, 1.165) is 0 Å². The molecule has 1 aliphatic rings. The fourth-order valence-corrected chi connectivity index (χ4v) is 2.08. The topological polar surface area (TPSA) is 81.2 Å². The lowest BCUT2D eigenvalue weighted by molar-refractivity contribution is -0.144. The molecule has 1 heterocycles. The molecule has 7 nitrogen and oxygen atoms in total. The van der Waals surface area contributed by atoms with Crippen LogP contribution < -0.4 is 0 Å². The predicted molar refractivity (Wildman–Crippen MR) is 68.7 cm³/mol. The molecule has 0 unspecified atom stereocenters. The molecule has 1 saturated heterocycles. The van der Waals surface area contributed by atoms with Crippen LogP contribution in [0.1, 0.15) is 20.3 Å². The molecular formula is C12H21N3O4. The average molecular weight is 271 g/mol. The zero-order chi connectivity index (χ0) is 14.4. The molecule has 0 aromatic heterocycles. The first-order chi connectivity index (χ1) is 8.99. The number of urea groups is 1. The number of carbonyl (C=O) groups is 3. The van der Waals surface area contributed by atoms with Crippen molar-refractivity contribution >= 4 is 17.9 Å². The Kier molecular flexibility index (Phi) is 5.59. The summed E-state index contributed by atoms with van der Waals surface area (Å²) < 4.78 is 0. The molecule has 0 bridgehead atoms. The van der Waals surface area contributed by atoms with Crippen molar-refractivity contribution in [3.8, 4) is 0 Å². The first-order valence-corrected chi connectivity index (χ1v) is 6.53. The van der Waals surface area contributed by atoms with Gasteiger partial charge in [0.05, 0.1) is 0 Å². The number of rotatable bonds is 4. The normalized spacial score (nSPS) is 15.3. The zero-order valence-electron chi connectivity index (χ0n) is 11.5. The second kappa shape index (κ2) is 6.96. The lowest BCUT2D eigenvalue weighted by Gasteiger charge is -2.37. The Morgan fingerprint density at radius 2 is 1.47 bits per heavy atom. The molecule has 1 fully saturated rings. The monoisotopic (exact) mass is 271 g/mol. The summed E-state index contributed by atoms with van der Waals surface area (Å²) in [4.78, 5) is 39.0. The fourth-order valence-electron chi connectivity index (χ4n) is 2.08. The molecule has 0 saturated carbocycles. The molecular weight excluding hydrogens is 250 g/mol. The van der Waals surface area contributed by atoms with E-state index in [2.05, 4.69) is 0 Å². The predicted octanol–water partition coefficient (Wildman–Crippen LogP) is 0.0671. The molecule has 0 aromatic carbocycles. The standard InChI is InChI=1S/C12H21N3O4/c1-3-13(4-2)12(19)15-7-5-14(6-8-15)10(16)9-11(17)18/h3-9H2,1-2H3,(H,17,18). The van der Waals surface area contributed by atoms with Crippen LogP contribution in [0.3, 0.4) is 0 Å². The van der Waals surface area contributed by atoms with Crippen molar-refractivity contribution in [2.75, 3.05) is 39.3 Å². The van der Waals surface area contributed by atoms with Gasteiger partial charge in [-0.2, -0.15) is 0 Å². The van der Waals surface area contributed by atoms with Gasteiger partial charge in [-0.25, -0.2) is 4.79 Å². The van der Waals surface area contributed by atoms with E-state index in [9.17, 15) is 14.4 Å². The number of carbonyl (C=O) groups excluding carboxylic acids is 2. The summed E-state index contributed by atoms with van der Waals surface area (Å²) in [5.41, 5.74) is 0. The van der Waals surface area contributed by atoms with Gasteiger partial charge in [0, 0.05) is 39.3 Å². The van der Waals surface area contributed by atoms with Crippen LogP contribution in [0.4, 0.5) is 4.79 Å². The highest BCUT2D eigenvalue weighted by atomic mass is 16.4. The van der Waals surface area contributed by atoms with Crippen LogP contribution in [0.2, 0.25) is 0 Å². The van der Waals surface area contributed by atoms with Crippen LogP contribution in [0.25, 0.3) is 0 Å². The van der Waals surface area contributed by atoms with Crippen LogP contribution in [-0.2, 0) is 9.59 Å². The lowest BCUT2D eigenvalue weighted by atomic mass is 10.3. The van der Waals surface area contributed by atoms with Crippen molar-refractivity contribution in [2.24, 2.45) is 0 Å². The largest absolute Gasteiger partial charge is 0.481 e. The highest BCUT2D eigenvalue weighted by molar-refractivity contribution is 5.93. The second-order valence-electron chi connectivity index (χ2n) is 4.39. The van der Waals surface area contributed by atoms with Crippen LogP contribution >= 0.6 is 0 Å². The Labute approximate surface area is 112 Å². The third-order valence-corrected chi connectivity index (χ3v) is 3.24. The molecule has 0 spiro atoms. The van der Waals surface area contributed by atoms with Gasteiger partial charge in [-0.3, -0.25) is 9.59 Å². The zero-order valence-corrected chi connectivity index (χ0v) is 11.5. The maximum absolute atomic E-state index is 12.1.